The highest BCUT2D eigenvalue weighted by Gasteiger charge is 2.31. The van der Waals surface area contributed by atoms with Gasteiger partial charge in [0.25, 0.3) is 0 Å². The molecule has 0 aliphatic heterocycles. The van der Waals surface area contributed by atoms with Gasteiger partial charge in [0.2, 0.25) is 0 Å². The summed E-state index contributed by atoms with van der Waals surface area (Å²) in [6.07, 6.45) is 0.298. The maximum absolute atomic E-state index is 10.3. The Labute approximate surface area is 73.6 Å². The molecule has 0 aromatic heterocycles. The van der Waals surface area contributed by atoms with Gasteiger partial charge < -0.3 is 24.6 Å². The van der Waals surface area contributed by atoms with Gasteiger partial charge >= 0.3 is 20.7 Å². The van der Waals surface area contributed by atoms with Crippen LogP contribution in [0.25, 0.3) is 0 Å². The molecule has 0 aromatic carbocycles. The smallest absolute Gasteiger partial charge is 0.478 e. The second-order valence-corrected chi connectivity index (χ2v) is 4.17. The first-order valence-electron chi connectivity index (χ1n) is 3.06. The number of rotatable bonds is 4. The van der Waals surface area contributed by atoms with Crippen LogP contribution in [-0.2, 0) is 9.59 Å². The minimum absolute atomic E-state index is 0.298. The molecule has 0 amide bonds. The summed E-state index contributed by atoms with van der Waals surface area (Å²) in [5.41, 5.74) is -0.758. The molecule has 0 aromatic rings. The fourth-order valence-electron chi connectivity index (χ4n) is 0.593. The standard InChI is InChI=1S/C5H8O7Si/c6-4(7)1-3(5(8)9)2-13(10,11)12/h1,10-12H,2H2,(H,6,7)(H,8,9)/b3-1+. The molecule has 0 rings (SSSR count). The van der Waals surface area contributed by atoms with Crippen LogP contribution >= 0.6 is 0 Å². The minimum atomic E-state index is -4.56. The highest BCUT2D eigenvalue weighted by atomic mass is 28.4. The molecular weight excluding hydrogens is 200 g/mol. The van der Waals surface area contributed by atoms with Crippen molar-refractivity contribution in [2.24, 2.45) is 0 Å². The highest BCUT2D eigenvalue weighted by molar-refractivity contribution is 6.57. The first-order chi connectivity index (χ1) is 5.72. The molecule has 0 aliphatic carbocycles. The molecule has 0 fully saturated rings. The van der Waals surface area contributed by atoms with Gasteiger partial charge in [0, 0.05) is 17.7 Å². The topological polar surface area (TPSA) is 135 Å². The fraction of sp³-hybridized carbons (Fsp3) is 0.200. The van der Waals surface area contributed by atoms with Crippen LogP contribution in [0.2, 0.25) is 6.04 Å². The largest absolute Gasteiger partial charge is 0.497 e. The number of aliphatic carboxylic acids is 2. The Morgan fingerprint density at radius 3 is 1.85 bits per heavy atom. The molecule has 0 aliphatic rings. The number of hydrogen-bond acceptors (Lipinski definition) is 5. The third-order valence-corrected chi connectivity index (χ3v) is 1.86. The zero-order valence-electron chi connectivity index (χ0n) is 6.34. The van der Waals surface area contributed by atoms with E-state index >= 15 is 0 Å². The van der Waals surface area contributed by atoms with Crippen LogP contribution in [0.4, 0.5) is 0 Å². The van der Waals surface area contributed by atoms with Crippen molar-refractivity contribution in [3.63, 3.8) is 0 Å². The Hall–Kier alpha value is -1.22. The molecule has 13 heavy (non-hydrogen) atoms. The molecule has 0 spiro atoms. The second-order valence-electron chi connectivity index (χ2n) is 2.26. The summed E-state index contributed by atoms with van der Waals surface area (Å²) >= 11 is 0. The maximum Gasteiger partial charge on any atom is 0.497 e. The summed E-state index contributed by atoms with van der Waals surface area (Å²) in [7, 11) is -4.56. The molecule has 5 N–H and O–H groups in total. The van der Waals surface area contributed by atoms with Gasteiger partial charge in [-0.2, -0.15) is 0 Å². The van der Waals surface area contributed by atoms with E-state index in [0.29, 0.717) is 6.08 Å². The van der Waals surface area contributed by atoms with Crippen LogP contribution in [-0.4, -0.2) is 45.3 Å². The lowest BCUT2D eigenvalue weighted by molar-refractivity contribution is -0.135. The predicted molar refractivity (Wildman–Crippen MR) is 40.6 cm³/mol. The van der Waals surface area contributed by atoms with Crippen LogP contribution in [0.15, 0.2) is 11.6 Å². The lowest BCUT2D eigenvalue weighted by Crippen LogP contribution is -2.36. The van der Waals surface area contributed by atoms with Gasteiger partial charge in [-0.05, 0) is 0 Å². The number of carboxylic acid groups (broad SMARTS) is 2. The van der Waals surface area contributed by atoms with Crippen molar-refractivity contribution in [3.05, 3.63) is 11.6 Å². The lowest BCUT2D eigenvalue weighted by atomic mass is 10.3. The third kappa shape index (κ3) is 5.99. The Bertz CT molecular complexity index is 250. The van der Waals surface area contributed by atoms with E-state index < -0.39 is 32.4 Å². The van der Waals surface area contributed by atoms with Crippen LogP contribution < -0.4 is 0 Å². The molecule has 0 atom stereocenters. The Morgan fingerprint density at radius 1 is 1.15 bits per heavy atom. The average Bonchev–Trinajstić information content (AvgIpc) is 1.81. The van der Waals surface area contributed by atoms with Crippen molar-refractivity contribution in [2.45, 2.75) is 6.04 Å². The van der Waals surface area contributed by atoms with Crippen LogP contribution in [0.5, 0.6) is 0 Å². The van der Waals surface area contributed by atoms with E-state index in [9.17, 15) is 9.59 Å². The summed E-state index contributed by atoms with van der Waals surface area (Å²) < 4.78 is 0. The van der Waals surface area contributed by atoms with E-state index in [1.165, 1.54) is 0 Å². The molecule has 0 bridgehead atoms. The summed E-state index contributed by atoms with van der Waals surface area (Å²) in [6.45, 7) is 0. The molecule has 74 valence electrons. The molecule has 0 saturated heterocycles. The molecule has 0 saturated carbocycles. The van der Waals surface area contributed by atoms with Gasteiger partial charge in [-0.3, -0.25) is 0 Å². The third-order valence-electron chi connectivity index (χ3n) is 1.00. The van der Waals surface area contributed by atoms with Gasteiger partial charge in [0.05, 0.1) is 0 Å². The van der Waals surface area contributed by atoms with E-state index in [1.54, 1.807) is 0 Å². The Morgan fingerprint density at radius 2 is 1.62 bits per heavy atom. The number of carbonyl (C=O) groups is 2. The van der Waals surface area contributed by atoms with E-state index in [-0.39, 0.29) is 0 Å². The summed E-state index contributed by atoms with van der Waals surface area (Å²) in [6, 6.07) is -0.950. The van der Waals surface area contributed by atoms with Crippen LogP contribution in [0, 0.1) is 0 Å². The average molecular weight is 208 g/mol. The van der Waals surface area contributed by atoms with Gasteiger partial charge in [0.1, 0.15) is 0 Å². The van der Waals surface area contributed by atoms with Crippen molar-refractivity contribution >= 4 is 20.7 Å². The summed E-state index contributed by atoms with van der Waals surface area (Å²) in [5.74, 6) is -3.15. The van der Waals surface area contributed by atoms with Gasteiger partial charge in [-0.25, -0.2) is 9.59 Å². The normalized spacial score (nSPS) is 12.7. The molecule has 7 nitrogen and oxygen atoms in total. The maximum atomic E-state index is 10.3. The van der Waals surface area contributed by atoms with Crippen molar-refractivity contribution in [3.8, 4) is 0 Å². The fourth-order valence-corrected chi connectivity index (χ4v) is 1.36. The van der Waals surface area contributed by atoms with Gasteiger partial charge in [-0.1, -0.05) is 0 Å². The van der Waals surface area contributed by atoms with Crippen molar-refractivity contribution in [2.75, 3.05) is 0 Å². The molecule has 0 heterocycles. The number of carboxylic acids is 2. The van der Waals surface area contributed by atoms with Crippen molar-refractivity contribution in [1.82, 2.24) is 0 Å². The molecule has 0 radical (unpaired) electrons. The van der Waals surface area contributed by atoms with Crippen LogP contribution in [0.3, 0.4) is 0 Å². The Kier molecular flexibility index (Phi) is 3.75. The minimum Gasteiger partial charge on any atom is -0.478 e. The Balaban J connectivity index is 4.65. The summed E-state index contributed by atoms with van der Waals surface area (Å²) in [5, 5.41) is 16.5. The summed E-state index contributed by atoms with van der Waals surface area (Å²) in [4.78, 5) is 45.8. The predicted octanol–water partition coefficient (Wildman–Crippen LogP) is -2.00. The van der Waals surface area contributed by atoms with E-state index in [0.717, 1.165) is 0 Å². The zero-order chi connectivity index (χ0) is 10.6. The zero-order valence-corrected chi connectivity index (χ0v) is 7.34. The van der Waals surface area contributed by atoms with Gasteiger partial charge in [-0.15, -0.1) is 0 Å². The van der Waals surface area contributed by atoms with Crippen molar-refractivity contribution < 1.29 is 34.2 Å². The SMILES string of the molecule is O=C(O)/C=C(\C[Si](O)(O)O)C(=O)O. The van der Waals surface area contributed by atoms with E-state index in [1.807, 2.05) is 0 Å². The van der Waals surface area contributed by atoms with Crippen LogP contribution in [0.1, 0.15) is 0 Å². The van der Waals surface area contributed by atoms with Crippen molar-refractivity contribution in [1.29, 1.82) is 0 Å². The highest BCUT2D eigenvalue weighted by Crippen LogP contribution is 2.09. The van der Waals surface area contributed by atoms with E-state index in [2.05, 4.69) is 0 Å². The molecular formula is C5H8O7Si. The lowest BCUT2D eigenvalue weighted by Gasteiger charge is -2.08. The van der Waals surface area contributed by atoms with E-state index in [4.69, 9.17) is 24.6 Å². The monoisotopic (exact) mass is 208 g/mol. The second kappa shape index (κ2) is 4.14. The number of hydrogen-bond donors (Lipinski definition) is 5. The first-order valence-corrected chi connectivity index (χ1v) is 5.11. The van der Waals surface area contributed by atoms with Gasteiger partial charge in [0.15, 0.2) is 0 Å². The quantitative estimate of drug-likeness (QED) is 0.266. The first kappa shape index (κ1) is 11.8. The molecule has 8 heteroatoms. The molecule has 0 unspecified atom stereocenters.